The summed E-state index contributed by atoms with van der Waals surface area (Å²) in [5, 5.41) is 20.5. The van der Waals surface area contributed by atoms with E-state index in [1.807, 2.05) is 19.9 Å². The molecule has 1 fully saturated rings. The molecule has 0 bridgehead atoms. The molecule has 0 amide bonds. The van der Waals surface area contributed by atoms with Gasteiger partial charge in [0.1, 0.15) is 0 Å². The van der Waals surface area contributed by atoms with Crippen molar-refractivity contribution in [2.24, 2.45) is 17.3 Å². The highest BCUT2D eigenvalue weighted by Gasteiger charge is 2.55. The Balaban J connectivity index is 2.21. The minimum Gasteiger partial charge on any atom is -0.388 e. The van der Waals surface area contributed by atoms with E-state index in [9.17, 15) is 10.2 Å². The molecule has 2 nitrogen and oxygen atoms in total. The molecule has 0 spiro atoms. The highest BCUT2D eigenvalue weighted by atomic mass is 16.3. The summed E-state index contributed by atoms with van der Waals surface area (Å²) in [6.45, 7) is 10.8. The van der Waals surface area contributed by atoms with E-state index >= 15 is 0 Å². The van der Waals surface area contributed by atoms with Crippen LogP contribution in [0.4, 0.5) is 0 Å². The zero-order valence-corrected chi connectivity index (χ0v) is 14.8. The van der Waals surface area contributed by atoms with Crippen molar-refractivity contribution in [3.63, 3.8) is 0 Å². The third-order valence-electron chi connectivity index (χ3n) is 5.84. The Morgan fingerprint density at radius 3 is 2.23 bits per heavy atom. The number of allylic oxidation sites excluding steroid dienone is 2. The van der Waals surface area contributed by atoms with Crippen LogP contribution in [0.5, 0.6) is 0 Å². The second-order valence-corrected chi connectivity index (χ2v) is 7.90. The molecule has 4 atom stereocenters. The zero-order valence-electron chi connectivity index (χ0n) is 14.8. The van der Waals surface area contributed by atoms with Gasteiger partial charge >= 0.3 is 0 Å². The van der Waals surface area contributed by atoms with E-state index < -0.39 is 12.2 Å². The van der Waals surface area contributed by atoms with Gasteiger partial charge in [0.15, 0.2) is 0 Å². The molecule has 0 radical (unpaired) electrons. The van der Waals surface area contributed by atoms with E-state index in [4.69, 9.17) is 0 Å². The average Bonchev–Trinajstić information content (AvgIpc) is 2.98. The largest absolute Gasteiger partial charge is 0.388 e. The molecule has 2 unspecified atom stereocenters. The molecule has 0 aromatic heterocycles. The molecular weight excluding hydrogens is 272 g/mol. The van der Waals surface area contributed by atoms with Gasteiger partial charge in [0.05, 0.1) is 12.2 Å². The first-order valence-corrected chi connectivity index (χ1v) is 8.60. The van der Waals surface area contributed by atoms with Gasteiger partial charge in [0.2, 0.25) is 0 Å². The smallest absolute Gasteiger partial charge is 0.0782 e. The molecule has 22 heavy (non-hydrogen) atoms. The molecule has 2 aliphatic carbocycles. The zero-order chi connectivity index (χ0) is 16.5. The van der Waals surface area contributed by atoms with Crippen LogP contribution < -0.4 is 0 Å². The SMILES string of the molecule is CC1=CCC(O)C(C)=CCC(O)C(C)=C[C@@H]2[C@H](CC1)C2(C)C. The number of rotatable bonds is 0. The van der Waals surface area contributed by atoms with Crippen LogP contribution in [-0.2, 0) is 0 Å². The molecule has 0 heterocycles. The molecule has 2 N–H and O–H groups in total. The first kappa shape index (κ1) is 17.5. The van der Waals surface area contributed by atoms with Crippen molar-refractivity contribution in [2.75, 3.05) is 0 Å². The number of fused-ring (bicyclic) bond motifs is 1. The summed E-state index contributed by atoms with van der Waals surface area (Å²) in [7, 11) is 0. The summed E-state index contributed by atoms with van der Waals surface area (Å²) >= 11 is 0. The molecular formula is C20H32O2. The molecule has 1 saturated carbocycles. The van der Waals surface area contributed by atoms with Gasteiger partial charge in [-0.2, -0.15) is 0 Å². The van der Waals surface area contributed by atoms with Crippen molar-refractivity contribution in [3.05, 3.63) is 34.9 Å². The lowest BCUT2D eigenvalue weighted by atomic mass is 9.99. The molecule has 0 aromatic carbocycles. The summed E-state index contributed by atoms with van der Waals surface area (Å²) in [6, 6.07) is 0. The lowest BCUT2D eigenvalue weighted by Crippen LogP contribution is -2.11. The second-order valence-electron chi connectivity index (χ2n) is 7.90. The number of hydrogen-bond donors (Lipinski definition) is 2. The van der Waals surface area contributed by atoms with Crippen LogP contribution >= 0.6 is 0 Å². The van der Waals surface area contributed by atoms with Crippen molar-refractivity contribution < 1.29 is 10.2 Å². The average molecular weight is 304 g/mol. The topological polar surface area (TPSA) is 40.5 Å². The van der Waals surface area contributed by atoms with Gasteiger partial charge in [-0.25, -0.2) is 0 Å². The van der Waals surface area contributed by atoms with Gasteiger partial charge in [-0.1, -0.05) is 37.6 Å². The normalized spacial score (nSPS) is 36.4. The van der Waals surface area contributed by atoms with Gasteiger partial charge < -0.3 is 10.2 Å². The first-order chi connectivity index (χ1) is 10.2. The van der Waals surface area contributed by atoms with Crippen LogP contribution in [0.2, 0.25) is 0 Å². The highest BCUT2D eigenvalue weighted by molar-refractivity contribution is 5.21. The third-order valence-corrected chi connectivity index (χ3v) is 5.84. The van der Waals surface area contributed by atoms with Gasteiger partial charge in [-0.05, 0) is 74.9 Å². The maximum Gasteiger partial charge on any atom is 0.0782 e. The minimum absolute atomic E-state index is 0.354. The Bertz CT molecular complexity index is 496. The molecule has 0 saturated heterocycles. The summed E-state index contributed by atoms with van der Waals surface area (Å²) in [4.78, 5) is 0. The first-order valence-electron chi connectivity index (χ1n) is 8.60. The fourth-order valence-electron chi connectivity index (χ4n) is 3.67. The van der Waals surface area contributed by atoms with Crippen LogP contribution in [0, 0.1) is 17.3 Å². The molecule has 124 valence electrons. The monoisotopic (exact) mass is 304 g/mol. The van der Waals surface area contributed by atoms with Gasteiger partial charge in [-0.15, -0.1) is 0 Å². The van der Waals surface area contributed by atoms with E-state index in [0.29, 0.717) is 30.1 Å². The number of aliphatic hydroxyl groups excluding tert-OH is 2. The molecule has 2 heteroatoms. The minimum atomic E-state index is -0.431. The van der Waals surface area contributed by atoms with Gasteiger partial charge in [-0.3, -0.25) is 0 Å². The standard InChI is InChI=1S/C20H32O2/c1-13-6-9-16-17(20(16,4)5)12-15(3)19(22)11-8-14(2)18(21)10-7-13/h7-8,12,16-19,21-22H,6,9-11H2,1-5H3/t16-,17+,18?,19?/m0/s1. The maximum atomic E-state index is 10.3. The van der Waals surface area contributed by atoms with Gasteiger partial charge in [0, 0.05) is 0 Å². The lowest BCUT2D eigenvalue weighted by molar-refractivity contribution is 0.204. The highest BCUT2D eigenvalue weighted by Crippen LogP contribution is 2.61. The Morgan fingerprint density at radius 2 is 1.55 bits per heavy atom. The maximum absolute atomic E-state index is 10.3. The fourth-order valence-corrected chi connectivity index (χ4v) is 3.67. The lowest BCUT2D eigenvalue weighted by Gasteiger charge is -2.13. The Kier molecular flexibility index (Phi) is 5.34. The van der Waals surface area contributed by atoms with E-state index in [2.05, 4.69) is 32.9 Å². The van der Waals surface area contributed by atoms with Crippen LogP contribution in [0.25, 0.3) is 0 Å². The van der Waals surface area contributed by atoms with Crippen molar-refractivity contribution in [1.29, 1.82) is 0 Å². The molecule has 2 aliphatic rings. The van der Waals surface area contributed by atoms with E-state index in [1.165, 1.54) is 12.0 Å². The van der Waals surface area contributed by atoms with E-state index in [-0.39, 0.29) is 0 Å². The van der Waals surface area contributed by atoms with Crippen molar-refractivity contribution in [1.82, 2.24) is 0 Å². The van der Waals surface area contributed by atoms with Gasteiger partial charge in [0.25, 0.3) is 0 Å². The second kappa shape index (κ2) is 6.72. The number of hydrogen-bond acceptors (Lipinski definition) is 2. The summed E-state index contributed by atoms with van der Waals surface area (Å²) in [6.07, 6.45) is 9.16. The van der Waals surface area contributed by atoms with Crippen molar-refractivity contribution in [2.45, 2.75) is 72.5 Å². The quantitative estimate of drug-likeness (QED) is 0.651. The molecule has 2 rings (SSSR count). The van der Waals surface area contributed by atoms with E-state index in [0.717, 1.165) is 17.6 Å². The predicted molar refractivity (Wildman–Crippen MR) is 92.5 cm³/mol. The summed E-state index contributed by atoms with van der Waals surface area (Å²) in [5.41, 5.74) is 3.76. The molecule has 0 aliphatic heterocycles. The van der Waals surface area contributed by atoms with Crippen molar-refractivity contribution >= 4 is 0 Å². The van der Waals surface area contributed by atoms with Crippen molar-refractivity contribution in [3.8, 4) is 0 Å². The molecule has 0 aromatic rings. The summed E-state index contributed by atoms with van der Waals surface area (Å²) in [5.74, 6) is 1.30. The fraction of sp³-hybridized carbons (Fsp3) is 0.700. The Morgan fingerprint density at radius 1 is 0.955 bits per heavy atom. The Hall–Kier alpha value is -0.860. The summed E-state index contributed by atoms with van der Waals surface area (Å²) < 4.78 is 0. The number of aliphatic hydroxyl groups is 2. The predicted octanol–water partition coefficient (Wildman–Crippen LogP) is 4.39. The Labute approximate surface area is 135 Å². The van der Waals surface area contributed by atoms with Crippen LogP contribution in [-0.4, -0.2) is 22.4 Å². The van der Waals surface area contributed by atoms with E-state index in [1.54, 1.807) is 0 Å². The van der Waals surface area contributed by atoms with Crippen LogP contribution in [0.1, 0.15) is 60.3 Å². The van der Waals surface area contributed by atoms with Crippen LogP contribution in [0.15, 0.2) is 34.9 Å². The van der Waals surface area contributed by atoms with Crippen LogP contribution in [0.3, 0.4) is 0 Å². The third kappa shape index (κ3) is 3.91.